The molecule has 2 aliphatic heterocycles. The van der Waals surface area contributed by atoms with Gasteiger partial charge in [-0.25, -0.2) is 0 Å². The second-order valence-corrected chi connectivity index (χ2v) is 6.80. The molecule has 0 amide bonds. The molecule has 0 bridgehead atoms. The Kier molecular flexibility index (Phi) is 4.81. The van der Waals surface area contributed by atoms with Crippen LogP contribution in [0.2, 0.25) is 0 Å². The quantitative estimate of drug-likeness (QED) is 0.926. The van der Waals surface area contributed by atoms with Crippen LogP contribution in [-0.4, -0.2) is 54.2 Å². The van der Waals surface area contributed by atoms with Gasteiger partial charge in [-0.05, 0) is 76.0 Å². The van der Waals surface area contributed by atoms with Gasteiger partial charge in [-0.15, -0.1) is 0 Å². The maximum atomic E-state index is 9.63. The Labute approximate surface area is 128 Å². The van der Waals surface area contributed by atoms with E-state index >= 15 is 0 Å². The van der Waals surface area contributed by atoms with E-state index in [9.17, 15) is 5.11 Å². The molecule has 0 radical (unpaired) electrons. The van der Waals surface area contributed by atoms with Crippen molar-refractivity contribution in [1.82, 2.24) is 9.80 Å². The molecule has 3 nitrogen and oxygen atoms in total. The van der Waals surface area contributed by atoms with Gasteiger partial charge in [-0.3, -0.25) is 0 Å². The van der Waals surface area contributed by atoms with Crippen molar-refractivity contribution in [1.29, 1.82) is 0 Å². The molecule has 2 saturated heterocycles. The Balaban J connectivity index is 1.51. The van der Waals surface area contributed by atoms with E-state index in [1.54, 1.807) is 6.07 Å². The number of likely N-dealkylation sites (tertiary alicyclic amines) is 2. The number of nitrogens with zero attached hydrogens (tertiary/aromatic N) is 2. The van der Waals surface area contributed by atoms with E-state index in [0.717, 1.165) is 6.04 Å². The Morgan fingerprint density at radius 3 is 2.62 bits per heavy atom. The Morgan fingerprint density at radius 2 is 1.90 bits per heavy atom. The lowest BCUT2D eigenvalue weighted by Crippen LogP contribution is -2.46. The summed E-state index contributed by atoms with van der Waals surface area (Å²) in [7, 11) is 2.28. The fourth-order valence-electron chi connectivity index (χ4n) is 3.90. The summed E-state index contributed by atoms with van der Waals surface area (Å²) in [6, 6.07) is 8.59. The van der Waals surface area contributed by atoms with Gasteiger partial charge in [-0.2, -0.15) is 0 Å². The summed E-state index contributed by atoms with van der Waals surface area (Å²) < 4.78 is 0. The van der Waals surface area contributed by atoms with Gasteiger partial charge in [0, 0.05) is 12.6 Å². The standard InChI is InChI=1S/C18H28N2O/c1-19-10-3-2-6-17(19)14-20-11-8-15(9-12-20)16-5-4-7-18(21)13-16/h4-5,7,13,15,17,21H,2-3,6,8-12,14H2,1H3. The summed E-state index contributed by atoms with van der Waals surface area (Å²) in [6.45, 7) is 4.91. The minimum Gasteiger partial charge on any atom is -0.508 e. The van der Waals surface area contributed by atoms with Crippen molar-refractivity contribution in [2.24, 2.45) is 0 Å². The topological polar surface area (TPSA) is 26.7 Å². The van der Waals surface area contributed by atoms with Crippen molar-refractivity contribution >= 4 is 0 Å². The lowest BCUT2D eigenvalue weighted by atomic mass is 9.89. The minimum atomic E-state index is 0.402. The van der Waals surface area contributed by atoms with Crippen LogP contribution < -0.4 is 0 Å². The summed E-state index contributed by atoms with van der Waals surface area (Å²) in [5.74, 6) is 1.02. The molecule has 116 valence electrons. The summed E-state index contributed by atoms with van der Waals surface area (Å²) in [4.78, 5) is 5.19. The van der Waals surface area contributed by atoms with Gasteiger partial charge in [0.15, 0.2) is 0 Å². The van der Waals surface area contributed by atoms with Crippen LogP contribution in [-0.2, 0) is 0 Å². The zero-order valence-corrected chi connectivity index (χ0v) is 13.2. The number of rotatable bonds is 3. The number of likely N-dealkylation sites (N-methyl/N-ethyl adjacent to an activating group) is 1. The molecule has 2 fully saturated rings. The number of hydrogen-bond donors (Lipinski definition) is 1. The van der Waals surface area contributed by atoms with Gasteiger partial charge in [-0.1, -0.05) is 18.6 Å². The zero-order valence-electron chi connectivity index (χ0n) is 13.2. The van der Waals surface area contributed by atoms with Crippen LogP contribution in [0.1, 0.15) is 43.6 Å². The first-order valence-corrected chi connectivity index (χ1v) is 8.44. The predicted molar refractivity (Wildman–Crippen MR) is 86.8 cm³/mol. The molecule has 21 heavy (non-hydrogen) atoms. The van der Waals surface area contributed by atoms with Crippen molar-refractivity contribution in [3.05, 3.63) is 29.8 Å². The van der Waals surface area contributed by atoms with E-state index in [0.29, 0.717) is 11.7 Å². The van der Waals surface area contributed by atoms with E-state index in [1.165, 1.54) is 63.8 Å². The van der Waals surface area contributed by atoms with E-state index in [1.807, 2.05) is 12.1 Å². The molecular weight excluding hydrogens is 260 g/mol. The van der Waals surface area contributed by atoms with E-state index in [4.69, 9.17) is 0 Å². The fourth-order valence-corrected chi connectivity index (χ4v) is 3.90. The van der Waals surface area contributed by atoms with Crippen molar-refractivity contribution < 1.29 is 5.11 Å². The monoisotopic (exact) mass is 288 g/mol. The molecular formula is C18H28N2O. The average molecular weight is 288 g/mol. The van der Waals surface area contributed by atoms with Crippen molar-refractivity contribution in [3.8, 4) is 5.75 Å². The second-order valence-electron chi connectivity index (χ2n) is 6.80. The van der Waals surface area contributed by atoms with Crippen LogP contribution in [0.15, 0.2) is 24.3 Å². The molecule has 2 heterocycles. The first kappa shape index (κ1) is 14.9. The molecule has 1 N–H and O–H groups in total. The number of piperidine rings is 2. The van der Waals surface area contributed by atoms with Crippen LogP contribution in [0.25, 0.3) is 0 Å². The van der Waals surface area contributed by atoms with E-state index < -0.39 is 0 Å². The first-order valence-electron chi connectivity index (χ1n) is 8.44. The smallest absolute Gasteiger partial charge is 0.115 e. The second kappa shape index (κ2) is 6.80. The van der Waals surface area contributed by atoms with Crippen molar-refractivity contribution in [2.45, 2.75) is 44.1 Å². The van der Waals surface area contributed by atoms with Crippen LogP contribution in [0.3, 0.4) is 0 Å². The highest BCUT2D eigenvalue weighted by molar-refractivity contribution is 5.30. The first-order chi connectivity index (χ1) is 10.2. The molecule has 1 aromatic carbocycles. The highest BCUT2D eigenvalue weighted by Gasteiger charge is 2.25. The third-order valence-corrected chi connectivity index (χ3v) is 5.32. The summed E-state index contributed by atoms with van der Waals surface area (Å²) in [6.07, 6.45) is 6.57. The predicted octanol–water partition coefficient (Wildman–Crippen LogP) is 3.06. The maximum Gasteiger partial charge on any atom is 0.115 e. The zero-order chi connectivity index (χ0) is 14.7. The average Bonchev–Trinajstić information content (AvgIpc) is 2.50. The van der Waals surface area contributed by atoms with Crippen LogP contribution in [0.5, 0.6) is 5.75 Å². The lowest BCUT2D eigenvalue weighted by Gasteiger charge is -2.39. The highest BCUT2D eigenvalue weighted by Crippen LogP contribution is 2.30. The Hall–Kier alpha value is -1.06. The molecule has 0 aliphatic carbocycles. The SMILES string of the molecule is CN1CCCCC1CN1CCC(c2cccc(O)c2)CC1. The van der Waals surface area contributed by atoms with Crippen molar-refractivity contribution in [3.63, 3.8) is 0 Å². The number of phenolic OH excluding ortho intramolecular Hbond substituents is 1. The molecule has 0 spiro atoms. The van der Waals surface area contributed by atoms with Crippen LogP contribution in [0, 0.1) is 0 Å². The lowest BCUT2D eigenvalue weighted by molar-refractivity contribution is 0.112. The fraction of sp³-hybridized carbons (Fsp3) is 0.667. The number of phenols is 1. The summed E-state index contributed by atoms with van der Waals surface area (Å²) in [5.41, 5.74) is 1.31. The summed E-state index contributed by atoms with van der Waals surface area (Å²) in [5, 5.41) is 9.63. The molecule has 3 heteroatoms. The molecule has 1 atom stereocenters. The minimum absolute atomic E-state index is 0.402. The van der Waals surface area contributed by atoms with Gasteiger partial charge in [0.05, 0.1) is 0 Å². The number of benzene rings is 1. The highest BCUT2D eigenvalue weighted by atomic mass is 16.3. The normalized spacial score (nSPS) is 26.0. The third kappa shape index (κ3) is 3.78. The molecule has 2 aliphatic rings. The van der Waals surface area contributed by atoms with Gasteiger partial charge < -0.3 is 14.9 Å². The van der Waals surface area contributed by atoms with Gasteiger partial charge in [0.1, 0.15) is 5.75 Å². The van der Waals surface area contributed by atoms with Gasteiger partial charge >= 0.3 is 0 Å². The van der Waals surface area contributed by atoms with Crippen LogP contribution >= 0.6 is 0 Å². The molecule has 1 aromatic rings. The third-order valence-electron chi connectivity index (χ3n) is 5.32. The Bertz CT molecular complexity index is 454. The van der Waals surface area contributed by atoms with Gasteiger partial charge in [0.2, 0.25) is 0 Å². The molecule has 3 rings (SSSR count). The molecule has 0 aromatic heterocycles. The summed E-state index contributed by atoms with van der Waals surface area (Å²) >= 11 is 0. The largest absolute Gasteiger partial charge is 0.508 e. The van der Waals surface area contributed by atoms with E-state index in [2.05, 4.69) is 22.9 Å². The number of aromatic hydroxyl groups is 1. The molecule has 1 unspecified atom stereocenters. The number of hydrogen-bond acceptors (Lipinski definition) is 3. The van der Waals surface area contributed by atoms with Crippen LogP contribution in [0.4, 0.5) is 0 Å². The van der Waals surface area contributed by atoms with Gasteiger partial charge in [0.25, 0.3) is 0 Å². The molecule has 0 saturated carbocycles. The van der Waals surface area contributed by atoms with E-state index in [-0.39, 0.29) is 0 Å². The van der Waals surface area contributed by atoms with Crippen molar-refractivity contribution in [2.75, 3.05) is 33.2 Å². The Morgan fingerprint density at radius 1 is 1.10 bits per heavy atom. The maximum absolute atomic E-state index is 9.63.